The first-order valence-electron chi connectivity index (χ1n) is 7.91. The average molecular weight is 271 g/mol. The van der Waals surface area contributed by atoms with Crippen LogP contribution in [0.5, 0.6) is 0 Å². The number of rotatable bonds is 5. The fourth-order valence-corrected chi connectivity index (χ4v) is 3.60. The number of nitrogens with one attached hydrogen (secondary N) is 1. The number of benzene rings is 1. The van der Waals surface area contributed by atoms with Crippen molar-refractivity contribution in [2.24, 2.45) is 5.41 Å². The molecule has 0 saturated heterocycles. The Labute approximate surface area is 121 Å². The molecule has 2 heteroatoms. The predicted molar refractivity (Wildman–Crippen MR) is 84.1 cm³/mol. The van der Waals surface area contributed by atoms with E-state index in [0.717, 1.165) is 12.1 Å². The maximum absolute atomic E-state index is 6.09. The van der Waals surface area contributed by atoms with E-state index in [1.807, 2.05) is 6.07 Å². The number of hydrogen-bond acceptors (Lipinski definition) is 2. The van der Waals surface area contributed by atoms with E-state index in [1.54, 1.807) is 0 Å². The molecule has 2 aromatic rings. The molecule has 0 aliphatic heterocycles. The summed E-state index contributed by atoms with van der Waals surface area (Å²) >= 11 is 0. The molecular weight excluding hydrogens is 246 g/mol. The van der Waals surface area contributed by atoms with Gasteiger partial charge in [0.15, 0.2) is 0 Å². The summed E-state index contributed by atoms with van der Waals surface area (Å²) in [7, 11) is 0. The highest BCUT2D eigenvalue weighted by molar-refractivity contribution is 5.77. The predicted octanol–water partition coefficient (Wildman–Crippen LogP) is 4.70. The molecule has 1 N–H and O–H groups in total. The number of hydrogen-bond donors (Lipinski definition) is 1. The van der Waals surface area contributed by atoms with E-state index in [1.165, 1.54) is 30.4 Å². The first-order chi connectivity index (χ1) is 9.69. The van der Waals surface area contributed by atoms with E-state index in [4.69, 9.17) is 4.42 Å². The molecule has 0 radical (unpaired) electrons. The summed E-state index contributed by atoms with van der Waals surface area (Å²) in [5, 5.41) is 4.93. The maximum atomic E-state index is 6.09. The van der Waals surface area contributed by atoms with Crippen molar-refractivity contribution in [3.8, 4) is 0 Å². The highest BCUT2D eigenvalue weighted by Crippen LogP contribution is 2.55. The van der Waals surface area contributed by atoms with Gasteiger partial charge < -0.3 is 9.73 Å². The van der Waals surface area contributed by atoms with Gasteiger partial charge in [-0.05, 0) is 43.4 Å². The van der Waals surface area contributed by atoms with Crippen LogP contribution in [0.25, 0.3) is 11.0 Å². The third kappa shape index (κ3) is 2.07. The number of fused-ring (bicyclic) bond motifs is 1. The molecule has 1 aromatic heterocycles. The van der Waals surface area contributed by atoms with Crippen molar-refractivity contribution in [3.63, 3.8) is 0 Å². The largest absolute Gasteiger partial charge is 0.461 e. The van der Waals surface area contributed by atoms with Gasteiger partial charge in [0, 0.05) is 17.3 Å². The van der Waals surface area contributed by atoms with Crippen LogP contribution in [-0.2, 0) is 0 Å². The van der Waals surface area contributed by atoms with Crippen LogP contribution in [0.15, 0.2) is 34.7 Å². The van der Waals surface area contributed by atoms with E-state index < -0.39 is 0 Å². The van der Waals surface area contributed by atoms with E-state index in [0.29, 0.717) is 17.4 Å². The van der Waals surface area contributed by atoms with Gasteiger partial charge in [0.05, 0.1) is 0 Å². The minimum Gasteiger partial charge on any atom is -0.461 e. The van der Waals surface area contributed by atoms with Gasteiger partial charge in [-0.25, -0.2) is 0 Å². The van der Waals surface area contributed by atoms with E-state index in [9.17, 15) is 0 Å². The Kier molecular flexibility index (Phi) is 3.59. The van der Waals surface area contributed by atoms with Gasteiger partial charge in [0.1, 0.15) is 11.3 Å². The second-order valence-corrected chi connectivity index (χ2v) is 6.34. The Morgan fingerprint density at radius 1 is 1.30 bits per heavy atom. The highest BCUT2D eigenvalue weighted by Gasteiger charge is 2.51. The Morgan fingerprint density at radius 2 is 2.10 bits per heavy atom. The quantitative estimate of drug-likeness (QED) is 0.852. The molecule has 1 aliphatic rings. The lowest BCUT2D eigenvalue weighted by Gasteiger charge is -2.53. The summed E-state index contributed by atoms with van der Waals surface area (Å²) < 4.78 is 6.09. The molecule has 2 nitrogen and oxygen atoms in total. The molecule has 0 amide bonds. The van der Waals surface area contributed by atoms with Gasteiger partial charge >= 0.3 is 0 Å². The Bertz CT molecular complexity index is 555. The van der Waals surface area contributed by atoms with Crippen LogP contribution in [0.3, 0.4) is 0 Å². The highest BCUT2D eigenvalue weighted by atomic mass is 16.3. The maximum Gasteiger partial charge on any atom is 0.134 e. The molecule has 1 aliphatic carbocycles. The second kappa shape index (κ2) is 5.25. The third-order valence-electron chi connectivity index (χ3n) is 5.25. The normalized spacial score (nSPS) is 29.6. The monoisotopic (exact) mass is 271 g/mol. The van der Waals surface area contributed by atoms with E-state index in [-0.39, 0.29) is 0 Å². The molecule has 3 unspecified atom stereocenters. The topological polar surface area (TPSA) is 25.2 Å². The van der Waals surface area contributed by atoms with Gasteiger partial charge in [0.25, 0.3) is 0 Å². The van der Waals surface area contributed by atoms with Gasteiger partial charge in [-0.1, -0.05) is 39.0 Å². The molecule has 1 fully saturated rings. The van der Waals surface area contributed by atoms with Crippen LogP contribution in [-0.4, -0.2) is 12.6 Å². The Hall–Kier alpha value is -1.28. The summed E-state index contributed by atoms with van der Waals surface area (Å²) in [6.07, 6.45) is 3.59. The van der Waals surface area contributed by atoms with Crippen molar-refractivity contribution < 1.29 is 4.42 Å². The Balaban J connectivity index is 1.83. The molecule has 3 rings (SSSR count). The van der Waals surface area contributed by atoms with Crippen LogP contribution in [0, 0.1) is 5.41 Å². The number of para-hydroxylation sites is 1. The van der Waals surface area contributed by atoms with Crippen molar-refractivity contribution in [2.75, 3.05) is 6.54 Å². The van der Waals surface area contributed by atoms with Crippen LogP contribution < -0.4 is 5.32 Å². The van der Waals surface area contributed by atoms with Gasteiger partial charge in [-0.3, -0.25) is 0 Å². The SMILES string of the molecule is CCCNC1CC(c2cc3ccccc3o2)C1(C)CC. The molecule has 1 aromatic carbocycles. The summed E-state index contributed by atoms with van der Waals surface area (Å²) in [5.41, 5.74) is 1.34. The van der Waals surface area contributed by atoms with Crippen LogP contribution in [0.2, 0.25) is 0 Å². The summed E-state index contributed by atoms with van der Waals surface area (Å²) in [4.78, 5) is 0. The minimum atomic E-state index is 0.322. The zero-order valence-corrected chi connectivity index (χ0v) is 12.8. The lowest BCUT2D eigenvalue weighted by Crippen LogP contribution is -2.56. The summed E-state index contributed by atoms with van der Waals surface area (Å²) in [6.45, 7) is 8.05. The molecular formula is C18H25NO. The fraction of sp³-hybridized carbons (Fsp3) is 0.556. The molecule has 0 bridgehead atoms. The van der Waals surface area contributed by atoms with Crippen molar-refractivity contribution in [2.45, 2.75) is 52.0 Å². The lowest BCUT2D eigenvalue weighted by atomic mass is 9.55. The second-order valence-electron chi connectivity index (χ2n) is 6.34. The summed E-state index contributed by atoms with van der Waals surface area (Å²) in [6, 6.07) is 11.2. The van der Waals surface area contributed by atoms with Gasteiger partial charge in [0.2, 0.25) is 0 Å². The van der Waals surface area contributed by atoms with Crippen molar-refractivity contribution in [1.29, 1.82) is 0 Å². The van der Waals surface area contributed by atoms with Crippen LogP contribution >= 0.6 is 0 Å². The zero-order chi connectivity index (χ0) is 14.2. The standard InChI is InChI=1S/C18H25NO/c1-4-10-19-17-12-14(18(17,3)5-2)16-11-13-8-6-7-9-15(13)20-16/h6-9,11,14,17,19H,4-5,10,12H2,1-3H3. The molecule has 3 atom stereocenters. The van der Waals surface area contributed by atoms with E-state index >= 15 is 0 Å². The Morgan fingerprint density at radius 3 is 2.80 bits per heavy atom. The zero-order valence-electron chi connectivity index (χ0n) is 12.8. The van der Waals surface area contributed by atoms with Gasteiger partial charge in [-0.15, -0.1) is 0 Å². The van der Waals surface area contributed by atoms with Crippen molar-refractivity contribution in [3.05, 3.63) is 36.1 Å². The van der Waals surface area contributed by atoms with Crippen LogP contribution in [0.4, 0.5) is 0 Å². The smallest absolute Gasteiger partial charge is 0.134 e. The first-order valence-corrected chi connectivity index (χ1v) is 7.91. The molecule has 1 saturated carbocycles. The number of furan rings is 1. The van der Waals surface area contributed by atoms with E-state index in [2.05, 4.69) is 50.4 Å². The molecule has 0 spiro atoms. The first kappa shape index (κ1) is 13.7. The molecule has 1 heterocycles. The molecule has 20 heavy (non-hydrogen) atoms. The van der Waals surface area contributed by atoms with Crippen LogP contribution in [0.1, 0.15) is 51.7 Å². The van der Waals surface area contributed by atoms with Gasteiger partial charge in [-0.2, -0.15) is 0 Å². The molecule has 108 valence electrons. The lowest BCUT2D eigenvalue weighted by molar-refractivity contribution is 0.0332. The van der Waals surface area contributed by atoms with Crippen molar-refractivity contribution >= 4 is 11.0 Å². The minimum absolute atomic E-state index is 0.322. The average Bonchev–Trinajstić information content (AvgIpc) is 2.88. The summed E-state index contributed by atoms with van der Waals surface area (Å²) in [5.74, 6) is 1.72. The fourth-order valence-electron chi connectivity index (χ4n) is 3.60. The van der Waals surface area contributed by atoms with Crippen molar-refractivity contribution in [1.82, 2.24) is 5.32 Å². The third-order valence-corrected chi connectivity index (χ3v) is 5.25.